The molecule has 0 heterocycles. The van der Waals surface area contributed by atoms with Crippen molar-refractivity contribution in [3.63, 3.8) is 0 Å². The molecule has 0 fully saturated rings. The van der Waals surface area contributed by atoms with E-state index in [-0.39, 0.29) is 6.54 Å². The summed E-state index contributed by atoms with van der Waals surface area (Å²) in [6.07, 6.45) is 0. The van der Waals surface area contributed by atoms with E-state index in [1.807, 2.05) is 0 Å². The fourth-order valence-corrected chi connectivity index (χ4v) is 2.01. The van der Waals surface area contributed by atoms with Crippen molar-refractivity contribution in [2.45, 2.75) is 6.54 Å². The molecule has 0 aliphatic carbocycles. The Morgan fingerprint density at radius 3 is 2.60 bits per heavy atom. The van der Waals surface area contributed by atoms with Gasteiger partial charge in [0, 0.05) is 22.7 Å². The van der Waals surface area contributed by atoms with Crippen LogP contribution in [0.1, 0.15) is 15.9 Å². The predicted octanol–water partition coefficient (Wildman–Crippen LogP) is 3.84. The smallest absolute Gasteiger partial charge is 0.248 e. The molecule has 0 saturated carbocycles. The van der Waals surface area contributed by atoms with E-state index in [2.05, 4.69) is 5.32 Å². The van der Waals surface area contributed by atoms with Crippen LogP contribution in [0, 0.1) is 5.82 Å². The molecule has 0 aliphatic rings. The topological polar surface area (TPSA) is 55.1 Å². The maximum Gasteiger partial charge on any atom is 0.248 e. The Morgan fingerprint density at radius 1 is 1.20 bits per heavy atom. The number of nitrogens with one attached hydrogen (secondary N) is 1. The van der Waals surface area contributed by atoms with E-state index < -0.39 is 11.7 Å². The van der Waals surface area contributed by atoms with Crippen molar-refractivity contribution < 1.29 is 9.18 Å². The molecular weight excluding hydrogens is 302 g/mol. The number of nitrogens with two attached hydrogens (primary N) is 1. The van der Waals surface area contributed by atoms with Crippen molar-refractivity contribution in [2.24, 2.45) is 5.73 Å². The van der Waals surface area contributed by atoms with Crippen molar-refractivity contribution in [2.75, 3.05) is 5.32 Å². The summed E-state index contributed by atoms with van der Waals surface area (Å²) in [6.45, 7) is 0.213. The molecule has 0 saturated heterocycles. The van der Waals surface area contributed by atoms with Crippen LogP contribution in [-0.4, -0.2) is 5.91 Å². The molecule has 2 aromatic rings. The van der Waals surface area contributed by atoms with E-state index >= 15 is 0 Å². The molecule has 2 aromatic carbocycles. The summed E-state index contributed by atoms with van der Waals surface area (Å²) in [5.74, 6) is -0.963. The molecule has 3 nitrogen and oxygen atoms in total. The Morgan fingerprint density at radius 2 is 1.95 bits per heavy atom. The van der Waals surface area contributed by atoms with Crippen LogP contribution in [-0.2, 0) is 6.54 Å². The summed E-state index contributed by atoms with van der Waals surface area (Å²) in [5, 5.41) is 3.72. The quantitative estimate of drug-likeness (QED) is 0.901. The van der Waals surface area contributed by atoms with Crippen molar-refractivity contribution >= 4 is 34.8 Å². The molecule has 0 radical (unpaired) electrons. The van der Waals surface area contributed by atoms with Gasteiger partial charge in [-0.3, -0.25) is 4.79 Å². The van der Waals surface area contributed by atoms with Crippen LogP contribution in [0.2, 0.25) is 10.0 Å². The van der Waals surface area contributed by atoms with Gasteiger partial charge in [0.1, 0.15) is 5.82 Å². The van der Waals surface area contributed by atoms with E-state index in [1.54, 1.807) is 18.2 Å². The van der Waals surface area contributed by atoms with Crippen LogP contribution in [0.5, 0.6) is 0 Å². The molecule has 6 heteroatoms. The number of amides is 1. The lowest BCUT2D eigenvalue weighted by molar-refractivity contribution is 0.100. The average Bonchev–Trinajstić information content (AvgIpc) is 2.39. The van der Waals surface area contributed by atoms with Gasteiger partial charge >= 0.3 is 0 Å². The second-order valence-electron chi connectivity index (χ2n) is 4.15. The average molecular weight is 313 g/mol. The molecule has 1 amide bonds. The lowest BCUT2D eigenvalue weighted by Crippen LogP contribution is -2.11. The second-order valence-corrected chi connectivity index (χ2v) is 4.99. The largest absolute Gasteiger partial charge is 0.380 e. The van der Waals surface area contributed by atoms with E-state index in [1.165, 1.54) is 18.2 Å². The van der Waals surface area contributed by atoms with Gasteiger partial charge in [0.05, 0.1) is 10.7 Å². The highest BCUT2D eigenvalue weighted by atomic mass is 35.5. The van der Waals surface area contributed by atoms with Gasteiger partial charge in [-0.15, -0.1) is 0 Å². The van der Waals surface area contributed by atoms with Gasteiger partial charge in [-0.1, -0.05) is 29.3 Å². The number of anilines is 1. The molecule has 0 aliphatic heterocycles. The van der Waals surface area contributed by atoms with Crippen molar-refractivity contribution in [1.29, 1.82) is 0 Å². The van der Waals surface area contributed by atoms with Crippen LogP contribution in [0.15, 0.2) is 36.4 Å². The minimum Gasteiger partial charge on any atom is -0.380 e. The van der Waals surface area contributed by atoms with Crippen molar-refractivity contribution in [3.05, 3.63) is 63.4 Å². The first-order chi connectivity index (χ1) is 9.47. The number of primary amides is 1. The molecule has 0 unspecified atom stereocenters. The highest BCUT2D eigenvalue weighted by molar-refractivity contribution is 6.33. The van der Waals surface area contributed by atoms with Gasteiger partial charge in [0.15, 0.2) is 0 Å². The van der Waals surface area contributed by atoms with Gasteiger partial charge in [0.25, 0.3) is 0 Å². The minimum atomic E-state index is -0.553. The Kier molecular flexibility index (Phi) is 4.47. The molecule has 2 rings (SSSR count). The van der Waals surface area contributed by atoms with Gasteiger partial charge < -0.3 is 11.1 Å². The summed E-state index contributed by atoms with van der Waals surface area (Å²) in [4.78, 5) is 11.1. The summed E-state index contributed by atoms with van der Waals surface area (Å²) >= 11 is 11.7. The van der Waals surface area contributed by atoms with E-state index in [0.29, 0.717) is 26.9 Å². The molecular formula is C14H11Cl2FN2O. The predicted molar refractivity (Wildman–Crippen MR) is 78.7 cm³/mol. The van der Waals surface area contributed by atoms with Crippen LogP contribution in [0.25, 0.3) is 0 Å². The summed E-state index contributed by atoms with van der Waals surface area (Å²) in [6, 6.07) is 9.03. The zero-order valence-corrected chi connectivity index (χ0v) is 11.8. The lowest BCUT2D eigenvalue weighted by atomic mass is 10.1. The first-order valence-corrected chi connectivity index (χ1v) is 6.50. The van der Waals surface area contributed by atoms with Crippen molar-refractivity contribution in [3.8, 4) is 0 Å². The SMILES string of the molecule is NC(=O)c1ccc(Cl)c(NCc2ccc(Cl)cc2F)c1. The third-order valence-electron chi connectivity index (χ3n) is 2.74. The fraction of sp³-hybridized carbons (Fsp3) is 0.0714. The standard InChI is InChI=1S/C14H11Cl2FN2O/c15-10-3-1-9(12(17)6-10)7-19-13-5-8(14(18)20)2-4-11(13)16/h1-6,19H,7H2,(H2,18,20). The van der Waals surface area contributed by atoms with Crippen LogP contribution >= 0.6 is 23.2 Å². The van der Waals surface area contributed by atoms with E-state index in [9.17, 15) is 9.18 Å². The number of rotatable bonds is 4. The highest BCUT2D eigenvalue weighted by Gasteiger charge is 2.07. The number of halogens is 3. The van der Waals surface area contributed by atoms with Crippen LogP contribution < -0.4 is 11.1 Å². The third kappa shape index (κ3) is 3.40. The molecule has 0 atom stereocenters. The zero-order valence-electron chi connectivity index (χ0n) is 10.3. The number of hydrogen-bond acceptors (Lipinski definition) is 2. The normalized spacial score (nSPS) is 10.3. The van der Waals surface area contributed by atoms with Crippen LogP contribution in [0.4, 0.5) is 10.1 Å². The number of carbonyl (C=O) groups excluding carboxylic acids is 1. The Labute approximate surface area is 125 Å². The Balaban J connectivity index is 2.18. The second kappa shape index (κ2) is 6.11. The number of carbonyl (C=O) groups is 1. The molecule has 20 heavy (non-hydrogen) atoms. The molecule has 0 bridgehead atoms. The fourth-order valence-electron chi connectivity index (χ4n) is 1.67. The van der Waals surface area contributed by atoms with E-state index in [0.717, 1.165) is 0 Å². The Hall–Kier alpha value is -1.78. The lowest BCUT2D eigenvalue weighted by Gasteiger charge is -2.10. The molecule has 3 N–H and O–H groups in total. The first-order valence-electron chi connectivity index (χ1n) is 5.74. The van der Waals surface area contributed by atoms with Gasteiger partial charge in [0.2, 0.25) is 5.91 Å². The first kappa shape index (κ1) is 14.6. The highest BCUT2D eigenvalue weighted by Crippen LogP contribution is 2.24. The molecule has 0 aromatic heterocycles. The zero-order chi connectivity index (χ0) is 14.7. The summed E-state index contributed by atoms with van der Waals surface area (Å²) in [5.41, 5.74) is 6.47. The van der Waals surface area contributed by atoms with Gasteiger partial charge in [-0.05, 0) is 30.3 Å². The summed E-state index contributed by atoms with van der Waals surface area (Å²) < 4.78 is 13.6. The third-order valence-corrected chi connectivity index (χ3v) is 3.30. The van der Waals surface area contributed by atoms with Gasteiger partial charge in [-0.2, -0.15) is 0 Å². The maximum atomic E-state index is 13.6. The monoisotopic (exact) mass is 312 g/mol. The maximum absolute atomic E-state index is 13.6. The van der Waals surface area contributed by atoms with E-state index in [4.69, 9.17) is 28.9 Å². The molecule has 0 spiro atoms. The molecule has 104 valence electrons. The minimum absolute atomic E-state index is 0.213. The number of hydrogen-bond donors (Lipinski definition) is 2. The van der Waals surface area contributed by atoms with Gasteiger partial charge in [-0.25, -0.2) is 4.39 Å². The summed E-state index contributed by atoms with van der Waals surface area (Å²) in [7, 11) is 0. The van der Waals surface area contributed by atoms with Crippen molar-refractivity contribution in [1.82, 2.24) is 0 Å². The number of benzene rings is 2. The Bertz CT molecular complexity index is 662. The van der Waals surface area contributed by atoms with Crippen LogP contribution in [0.3, 0.4) is 0 Å².